The van der Waals surface area contributed by atoms with Gasteiger partial charge in [0.25, 0.3) is 0 Å². The first kappa shape index (κ1) is 12.8. The van der Waals surface area contributed by atoms with Crippen molar-refractivity contribution in [3.05, 3.63) is 0 Å². The van der Waals surface area contributed by atoms with Gasteiger partial charge >= 0.3 is 5.97 Å². The molecule has 2 fully saturated rings. The number of carboxylic acid groups (broad SMARTS) is 1. The lowest BCUT2D eigenvalue weighted by atomic mass is 9.51. The van der Waals surface area contributed by atoms with Crippen molar-refractivity contribution < 1.29 is 14.6 Å². The van der Waals surface area contributed by atoms with Gasteiger partial charge in [-0.15, -0.1) is 0 Å². The summed E-state index contributed by atoms with van der Waals surface area (Å²) in [6, 6.07) is 0.557. The predicted octanol–water partition coefficient (Wildman–Crippen LogP) is 1.79. The number of hydrogen-bond acceptors (Lipinski definition) is 3. The first-order valence-corrected chi connectivity index (χ1v) is 6.76. The van der Waals surface area contributed by atoms with E-state index in [2.05, 4.69) is 12.2 Å². The van der Waals surface area contributed by atoms with E-state index in [1.54, 1.807) is 0 Å². The minimum absolute atomic E-state index is 0.265. The Bertz CT molecular complexity index is 276. The molecule has 1 spiro atoms. The summed E-state index contributed by atoms with van der Waals surface area (Å²) >= 11 is 0. The monoisotopic (exact) mass is 241 g/mol. The van der Waals surface area contributed by atoms with Crippen molar-refractivity contribution in [2.75, 3.05) is 13.2 Å². The molecule has 0 aliphatic heterocycles. The van der Waals surface area contributed by atoms with Crippen LogP contribution >= 0.6 is 0 Å². The van der Waals surface area contributed by atoms with Crippen molar-refractivity contribution in [3.63, 3.8) is 0 Å². The molecule has 0 saturated heterocycles. The summed E-state index contributed by atoms with van der Waals surface area (Å²) in [7, 11) is 0. The maximum Gasteiger partial charge on any atom is 0.303 e. The molecule has 2 atom stereocenters. The average molecular weight is 241 g/mol. The first-order chi connectivity index (χ1) is 8.19. The molecule has 0 radical (unpaired) electrons. The molecular formula is C13H23NO3. The summed E-state index contributed by atoms with van der Waals surface area (Å²) in [6.45, 7) is 3.68. The fourth-order valence-corrected chi connectivity index (χ4v) is 3.24. The van der Waals surface area contributed by atoms with Gasteiger partial charge in [0.05, 0.1) is 6.10 Å². The van der Waals surface area contributed by atoms with E-state index in [1.165, 1.54) is 19.3 Å². The molecule has 2 unspecified atom stereocenters. The quantitative estimate of drug-likeness (QED) is 0.667. The van der Waals surface area contributed by atoms with Crippen LogP contribution in [0, 0.1) is 5.41 Å². The van der Waals surface area contributed by atoms with Crippen molar-refractivity contribution in [2.45, 2.75) is 57.6 Å². The molecule has 0 amide bonds. The van der Waals surface area contributed by atoms with Gasteiger partial charge in [0, 0.05) is 24.5 Å². The Balaban J connectivity index is 1.70. The zero-order valence-corrected chi connectivity index (χ0v) is 10.6. The summed E-state index contributed by atoms with van der Waals surface area (Å²) < 4.78 is 5.78. The lowest BCUT2D eigenvalue weighted by Gasteiger charge is -2.61. The highest BCUT2D eigenvalue weighted by Gasteiger charge is 2.58. The van der Waals surface area contributed by atoms with E-state index in [-0.39, 0.29) is 6.42 Å². The van der Waals surface area contributed by atoms with E-state index in [4.69, 9.17) is 9.84 Å². The summed E-state index contributed by atoms with van der Waals surface area (Å²) in [5, 5.41) is 12.1. The van der Waals surface area contributed by atoms with Crippen LogP contribution in [0.4, 0.5) is 0 Å². The number of hydrogen-bond donors (Lipinski definition) is 2. The number of aliphatic carboxylic acids is 1. The van der Waals surface area contributed by atoms with Gasteiger partial charge in [-0.3, -0.25) is 4.79 Å². The maximum absolute atomic E-state index is 10.4. The molecule has 4 nitrogen and oxygen atoms in total. The molecule has 2 saturated carbocycles. The number of rotatable bonds is 7. The summed E-state index contributed by atoms with van der Waals surface area (Å²) in [6.07, 6.45) is 6.39. The Morgan fingerprint density at radius 2 is 2.29 bits per heavy atom. The molecule has 0 bridgehead atoms. The van der Waals surface area contributed by atoms with Gasteiger partial charge in [0.1, 0.15) is 0 Å². The molecule has 98 valence electrons. The van der Waals surface area contributed by atoms with E-state index in [1.807, 2.05) is 0 Å². The van der Waals surface area contributed by atoms with Crippen molar-refractivity contribution in [1.82, 2.24) is 5.32 Å². The lowest BCUT2D eigenvalue weighted by molar-refractivity contribution is -0.172. The van der Waals surface area contributed by atoms with E-state index in [0.717, 1.165) is 26.0 Å². The number of carbonyl (C=O) groups is 1. The van der Waals surface area contributed by atoms with Crippen LogP contribution in [0.2, 0.25) is 0 Å². The summed E-state index contributed by atoms with van der Waals surface area (Å²) in [5.74, 6) is -0.703. The number of carboxylic acids is 1. The second-order valence-corrected chi connectivity index (χ2v) is 5.27. The topological polar surface area (TPSA) is 58.6 Å². The fourth-order valence-electron chi connectivity index (χ4n) is 3.24. The Hall–Kier alpha value is -0.610. The van der Waals surface area contributed by atoms with Crippen LogP contribution in [0.1, 0.15) is 45.4 Å². The molecule has 2 N–H and O–H groups in total. The maximum atomic E-state index is 10.4. The first-order valence-electron chi connectivity index (χ1n) is 6.76. The van der Waals surface area contributed by atoms with Crippen LogP contribution in [0.15, 0.2) is 0 Å². The Morgan fingerprint density at radius 3 is 2.82 bits per heavy atom. The van der Waals surface area contributed by atoms with Crippen molar-refractivity contribution in [3.8, 4) is 0 Å². The van der Waals surface area contributed by atoms with Crippen molar-refractivity contribution in [2.24, 2.45) is 5.41 Å². The van der Waals surface area contributed by atoms with Gasteiger partial charge in [-0.2, -0.15) is 0 Å². The SMILES string of the molecule is CCOC1CC(NCCCC(=O)O)C12CCC2. The van der Waals surface area contributed by atoms with Crippen LogP contribution in [-0.4, -0.2) is 36.4 Å². The van der Waals surface area contributed by atoms with Crippen molar-refractivity contribution in [1.29, 1.82) is 0 Å². The Labute approximate surface area is 103 Å². The van der Waals surface area contributed by atoms with Crippen LogP contribution in [0.3, 0.4) is 0 Å². The van der Waals surface area contributed by atoms with Crippen LogP contribution in [0.5, 0.6) is 0 Å². The van der Waals surface area contributed by atoms with Gasteiger partial charge in [-0.25, -0.2) is 0 Å². The Morgan fingerprint density at radius 1 is 1.53 bits per heavy atom. The van der Waals surface area contributed by atoms with Crippen LogP contribution in [-0.2, 0) is 9.53 Å². The lowest BCUT2D eigenvalue weighted by Crippen LogP contribution is -2.66. The zero-order valence-electron chi connectivity index (χ0n) is 10.6. The molecular weight excluding hydrogens is 218 g/mol. The van der Waals surface area contributed by atoms with Crippen LogP contribution < -0.4 is 5.32 Å². The normalized spacial score (nSPS) is 29.7. The molecule has 4 heteroatoms. The molecule has 2 aliphatic carbocycles. The number of ether oxygens (including phenoxy) is 1. The molecule has 17 heavy (non-hydrogen) atoms. The highest BCUT2D eigenvalue weighted by atomic mass is 16.5. The molecule has 2 rings (SSSR count). The predicted molar refractivity (Wildman–Crippen MR) is 65.0 cm³/mol. The molecule has 2 aliphatic rings. The minimum Gasteiger partial charge on any atom is -0.481 e. The van der Waals surface area contributed by atoms with Gasteiger partial charge < -0.3 is 15.2 Å². The second-order valence-electron chi connectivity index (χ2n) is 5.27. The standard InChI is InChI=1S/C13H23NO3/c1-2-17-11-9-10(13(11)6-4-7-13)14-8-3-5-12(15)16/h10-11,14H,2-9H2,1H3,(H,15,16). The second kappa shape index (κ2) is 5.36. The van der Waals surface area contributed by atoms with E-state index >= 15 is 0 Å². The molecule has 0 heterocycles. The number of nitrogens with one attached hydrogen (secondary N) is 1. The smallest absolute Gasteiger partial charge is 0.303 e. The zero-order chi connectivity index (χ0) is 12.3. The van der Waals surface area contributed by atoms with E-state index < -0.39 is 5.97 Å². The molecule has 0 aromatic carbocycles. The van der Waals surface area contributed by atoms with Crippen molar-refractivity contribution >= 4 is 5.97 Å². The molecule has 0 aromatic rings. The summed E-state index contributed by atoms with van der Waals surface area (Å²) in [4.78, 5) is 10.4. The van der Waals surface area contributed by atoms with Gasteiger partial charge in [0.2, 0.25) is 0 Å². The summed E-state index contributed by atoms with van der Waals surface area (Å²) in [5.41, 5.74) is 0.388. The highest BCUT2D eigenvalue weighted by Crippen LogP contribution is 2.57. The van der Waals surface area contributed by atoms with Gasteiger partial charge in [-0.05, 0) is 39.2 Å². The fraction of sp³-hybridized carbons (Fsp3) is 0.923. The van der Waals surface area contributed by atoms with Gasteiger partial charge in [0.15, 0.2) is 0 Å². The van der Waals surface area contributed by atoms with Crippen LogP contribution in [0.25, 0.3) is 0 Å². The Kier molecular flexibility index (Phi) is 4.05. The van der Waals surface area contributed by atoms with E-state index in [9.17, 15) is 4.79 Å². The average Bonchev–Trinajstić information content (AvgIpc) is 2.18. The van der Waals surface area contributed by atoms with Gasteiger partial charge in [-0.1, -0.05) is 6.42 Å². The van der Waals surface area contributed by atoms with E-state index in [0.29, 0.717) is 17.6 Å². The third-order valence-corrected chi connectivity index (χ3v) is 4.40. The largest absolute Gasteiger partial charge is 0.481 e. The highest BCUT2D eigenvalue weighted by molar-refractivity contribution is 5.66. The minimum atomic E-state index is -0.703. The molecule has 0 aromatic heterocycles. The third-order valence-electron chi connectivity index (χ3n) is 4.40. The third kappa shape index (κ3) is 2.47.